The van der Waals surface area contributed by atoms with Gasteiger partial charge in [0, 0.05) is 49.8 Å². The number of benzene rings is 7. The fraction of sp³-hybridized carbons (Fsp3) is 0.133. The molecule has 0 N–H and O–H groups in total. The Hall–Kier alpha value is -6.87. The molecule has 0 unspecified atom stereocenters. The Labute approximate surface area is 417 Å². The molecule has 0 aliphatic rings. The summed E-state index contributed by atoms with van der Waals surface area (Å²) < 4.78 is 140. The molecule has 0 amide bonds. The second kappa shape index (κ2) is 17.6. The van der Waals surface area contributed by atoms with Crippen LogP contribution >= 0.6 is 0 Å². The number of ether oxygens (including phenoxy) is 1. The Morgan fingerprint density at radius 3 is 1.89 bits per heavy atom. The number of furan rings is 1. The summed E-state index contributed by atoms with van der Waals surface area (Å²) in [5.41, 5.74) is 7.42. The van der Waals surface area contributed by atoms with E-state index in [9.17, 15) is 0 Å². The monoisotopic (exact) mass is 1040 g/mol. The van der Waals surface area contributed by atoms with E-state index < -0.39 is 45.4 Å². The zero-order valence-corrected chi connectivity index (χ0v) is 37.7. The molecule has 10 aromatic rings. The topological polar surface area (TPSA) is 48.2 Å². The summed E-state index contributed by atoms with van der Waals surface area (Å²) in [7, 11) is 0. The standard InChI is InChI=1S/C60H48N2O2.Pt/c1-35-14-23-50(38(4)24-35)51-32-56(62-34-41(51)7)53-30-49(31-54-59-39(5)25-36(2)26-58(59)64-60(53)54)63-57-29-48(55-27-37(3)40(6)33-61-55)28-52(42(57)8)47-21-19-46(20-22-47)45-17-15-44(16-18-45)43-12-10-9-11-13-43;/h9-28,31-34H,1-8H3;/q-2;+2/i2D3,3D3,5D3,6D3,8D3;. The summed E-state index contributed by atoms with van der Waals surface area (Å²) >= 11 is 0. The zero-order chi connectivity index (χ0) is 56.7. The third kappa shape index (κ3) is 8.36. The van der Waals surface area contributed by atoms with Gasteiger partial charge in [-0.15, -0.1) is 11.6 Å². The normalized spacial score (nSPS) is 15.6. The van der Waals surface area contributed by atoms with Crippen molar-refractivity contribution in [3.8, 4) is 78.5 Å². The average molecular weight is 1040 g/mol. The van der Waals surface area contributed by atoms with Crippen molar-refractivity contribution >= 4 is 21.9 Å². The number of hydrogen-bond donors (Lipinski definition) is 0. The third-order valence-corrected chi connectivity index (χ3v) is 11.6. The smallest absolute Gasteiger partial charge is 0.501 e. The first-order valence-electron chi connectivity index (χ1n) is 28.1. The van der Waals surface area contributed by atoms with Gasteiger partial charge in [0.15, 0.2) is 0 Å². The fourth-order valence-corrected chi connectivity index (χ4v) is 8.27. The number of aromatic nitrogens is 2. The Morgan fingerprint density at radius 1 is 0.523 bits per heavy atom. The molecule has 0 aliphatic heterocycles. The van der Waals surface area contributed by atoms with Crippen LogP contribution < -0.4 is 4.74 Å². The van der Waals surface area contributed by atoms with E-state index in [1.165, 1.54) is 18.2 Å². The van der Waals surface area contributed by atoms with Crippen LogP contribution in [0.3, 0.4) is 0 Å². The molecule has 0 bridgehead atoms. The maximum Gasteiger partial charge on any atom is 2.00 e. The van der Waals surface area contributed by atoms with E-state index in [0.717, 1.165) is 68.4 Å². The van der Waals surface area contributed by atoms with Gasteiger partial charge in [0.25, 0.3) is 0 Å². The van der Waals surface area contributed by atoms with Crippen molar-refractivity contribution in [2.24, 2.45) is 0 Å². The predicted octanol–water partition coefficient (Wildman–Crippen LogP) is 16.2. The maximum atomic E-state index is 9.08. The first kappa shape index (κ1) is 28.8. The van der Waals surface area contributed by atoms with E-state index in [2.05, 4.69) is 17.1 Å². The first-order chi connectivity index (χ1) is 37.0. The summed E-state index contributed by atoms with van der Waals surface area (Å²) in [6, 6.07) is 45.6. The molecule has 0 spiro atoms. The van der Waals surface area contributed by atoms with Gasteiger partial charge in [-0.25, -0.2) is 0 Å². The fourth-order valence-electron chi connectivity index (χ4n) is 8.27. The molecule has 5 heteroatoms. The predicted molar refractivity (Wildman–Crippen MR) is 264 cm³/mol. The van der Waals surface area contributed by atoms with E-state index in [1.54, 1.807) is 18.3 Å². The minimum Gasteiger partial charge on any atom is -0.501 e. The van der Waals surface area contributed by atoms with Crippen molar-refractivity contribution in [1.29, 1.82) is 0 Å². The Kier molecular flexibility index (Phi) is 7.80. The van der Waals surface area contributed by atoms with Gasteiger partial charge in [0.2, 0.25) is 0 Å². The van der Waals surface area contributed by atoms with Crippen LogP contribution in [0.2, 0.25) is 0 Å². The van der Waals surface area contributed by atoms with Crippen LogP contribution in [0.5, 0.6) is 11.5 Å². The van der Waals surface area contributed by atoms with Gasteiger partial charge in [-0.2, -0.15) is 0 Å². The average Bonchev–Trinajstić information content (AvgIpc) is 3.91. The van der Waals surface area contributed by atoms with E-state index in [-0.39, 0.29) is 93.6 Å². The van der Waals surface area contributed by atoms with E-state index in [0.29, 0.717) is 11.3 Å². The molecule has 65 heavy (non-hydrogen) atoms. The minimum absolute atomic E-state index is 0. The number of nitrogens with zero attached hydrogens (tertiary/aromatic N) is 2. The quantitative estimate of drug-likeness (QED) is 0.142. The van der Waals surface area contributed by atoms with Crippen molar-refractivity contribution in [1.82, 2.24) is 9.97 Å². The van der Waals surface area contributed by atoms with Crippen LogP contribution in [-0.2, 0) is 21.1 Å². The molecule has 320 valence electrons. The molecule has 0 saturated carbocycles. The number of aryl methyl sites for hydroxylation is 7. The van der Waals surface area contributed by atoms with E-state index >= 15 is 0 Å². The molecule has 0 aliphatic carbocycles. The molecule has 10 rings (SSSR count). The molecule has 3 heterocycles. The van der Waals surface area contributed by atoms with Crippen molar-refractivity contribution in [3.63, 3.8) is 0 Å². The van der Waals surface area contributed by atoms with Gasteiger partial charge < -0.3 is 19.1 Å². The number of pyridine rings is 2. The van der Waals surface area contributed by atoms with Crippen LogP contribution in [0, 0.1) is 67.2 Å². The van der Waals surface area contributed by atoms with Crippen molar-refractivity contribution in [2.75, 3.05) is 0 Å². The van der Waals surface area contributed by atoms with Gasteiger partial charge in [0.1, 0.15) is 5.58 Å². The molecular formula is C60H48N2O2Pt. The summed E-state index contributed by atoms with van der Waals surface area (Å²) in [6.45, 7) is -8.41. The van der Waals surface area contributed by atoms with Gasteiger partial charge in [-0.3, -0.25) is 0 Å². The van der Waals surface area contributed by atoms with Crippen LogP contribution in [0.1, 0.15) is 65.1 Å². The molecule has 0 radical (unpaired) electrons. The van der Waals surface area contributed by atoms with Crippen LogP contribution in [0.15, 0.2) is 150 Å². The molecule has 0 saturated heterocycles. The molecule has 0 atom stereocenters. The summed E-state index contributed by atoms with van der Waals surface area (Å²) in [5.74, 6) is -0.543. The van der Waals surface area contributed by atoms with Gasteiger partial charge in [0.05, 0.1) is 5.58 Å². The van der Waals surface area contributed by atoms with Gasteiger partial charge in [-0.1, -0.05) is 174 Å². The van der Waals surface area contributed by atoms with Crippen molar-refractivity contribution in [2.45, 2.75) is 55.0 Å². The first-order valence-corrected chi connectivity index (χ1v) is 20.6. The van der Waals surface area contributed by atoms with Crippen LogP contribution in [0.25, 0.3) is 89.0 Å². The SMILES string of the molecule is [2H]C([2H])([2H])c1cc(C([2H])([2H])[2H])c2c(c1)oc1c(-c3cc(-c4ccc(C)cc4C)c(C)cn3)[c-]c(Oc3[c-]c(-c4cc(C([2H])([2H])[2H])c(C([2H])([2H])[2H])cn4)cc(-c4ccc(-c5ccc(-c6ccccc6)cc5)cc4)c3C([2H])([2H])[2H])cc12.[Pt+2]. The van der Waals surface area contributed by atoms with Crippen LogP contribution in [-0.4, -0.2) is 9.97 Å². The Morgan fingerprint density at radius 2 is 1.20 bits per heavy atom. The second-order valence-corrected chi connectivity index (χ2v) is 16.0. The van der Waals surface area contributed by atoms with Crippen molar-refractivity contribution in [3.05, 3.63) is 202 Å². The van der Waals surface area contributed by atoms with Gasteiger partial charge >= 0.3 is 21.1 Å². The van der Waals surface area contributed by atoms with E-state index in [4.69, 9.17) is 34.7 Å². The van der Waals surface area contributed by atoms with E-state index in [1.807, 2.05) is 112 Å². The Bertz CT molecular complexity index is 3990. The summed E-state index contributed by atoms with van der Waals surface area (Å²) in [4.78, 5) is 9.22. The van der Waals surface area contributed by atoms with Gasteiger partial charge in [-0.05, 0) is 132 Å². The largest absolute Gasteiger partial charge is 2.00 e. The zero-order valence-electron chi connectivity index (χ0n) is 50.4. The molecule has 4 nitrogen and oxygen atoms in total. The minimum atomic E-state index is -2.94. The number of rotatable bonds is 8. The summed E-state index contributed by atoms with van der Waals surface area (Å²) in [6.07, 6.45) is 2.63. The molecular weight excluding hydrogens is 976 g/mol. The van der Waals surface area contributed by atoms with Crippen LogP contribution in [0.4, 0.5) is 0 Å². The Balaban J connectivity index is 0.00000774. The van der Waals surface area contributed by atoms with Crippen molar-refractivity contribution < 1.29 is 50.8 Å². The molecule has 3 aromatic heterocycles. The number of hydrogen-bond acceptors (Lipinski definition) is 4. The summed E-state index contributed by atoms with van der Waals surface area (Å²) in [5, 5.41) is 0.200. The third-order valence-electron chi connectivity index (χ3n) is 11.6. The number of fused-ring (bicyclic) bond motifs is 3. The second-order valence-electron chi connectivity index (χ2n) is 16.0. The maximum absolute atomic E-state index is 9.08. The molecule has 7 aromatic carbocycles. The molecule has 0 fully saturated rings.